The van der Waals surface area contributed by atoms with Crippen molar-refractivity contribution < 1.29 is 4.79 Å². The molecule has 1 amide bonds. The quantitative estimate of drug-likeness (QED) is 0.877. The summed E-state index contributed by atoms with van der Waals surface area (Å²) in [7, 11) is 0. The number of carbonyl (C=O) groups excluding carboxylic acids is 1. The highest BCUT2D eigenvalue weighted by Gasteiger charge is 2.32. The summed E-state index contributed by atoms with van der Waals surface area (Å²) in [6.45, 7) is 5.84. The third-order valence-electron chi connectivity index (χ3n) is 6.03. The van der Waals surface area contributed by atoms with Gasteiger partial charge < -0.3 is 4.90 Å². The lowest BCUT2D eigenvalue weighted by Gasteiger charge is -2.33. The first-order valence-corrected chi connectivity index (χ1v) is 10.9. The third kappa shape index (κ3) is 3.26. The number of H-pyrrole nitrogens is 1. The fourth-order valence-corrected chi connectivity index (χ4v) is 5.89. The van der Waals surface area contributed by atoms with E-state index in [1.807, 2.05) is 11.8 Å². The monoisotopic (exact) mass is 389 g/mol. The van der Waals surface area contributed by atoms with Crippen LogP contribution in [0.25, 0.3) is 10.2 Å². The van der Waals surface area contributed by atoms with E-state index in [2.05, 4.69) is 11.9 Å². The van der Waals surface area contributed by atoms with Crippen LogP contribution in [0.4, 0.5) is 0 Å². The normalized spacial score (nSPS) is 22.8. The Balaban J connectivity index is 1.64. The van der Waals surface area contributed by atoms with Crippen LogP contribution >= 0.6 is 11.3 Å². The molecule has 0 aromatic carbocycles. The van der Waals surface area contributed by atoms with Gasteiger partial charge in [0.15, 0.2) is 0 Å². The lowest BCUT2D eigenvalue weighted by atomic mass is 9.81. The Bertz CT molecular complexity index is 987. The maximum atomic E-state index is 13.0. The van der Waals surface area contributed by atoms with Crippen LogP contribution in [0.15, 0.2) is 9.59 Å². The lowest BCUT2D eigenvalue weighted by molar-refractivity contribution is -0.138. The van der Waals surface area contributed by atoms with Crippen molar-refractivity contribution in [2.45, 2.75) is 65.5 Å². The molecule has 2 aromatic heterocycles. The molecule has 4 rings (SSSR count). The molecule has 0 bridgehead atoms. The highest BCUT2D eigenvalue weighted by molar-refractivity contribution is 7.18. The highest BCUT2D eigenvalue weighted by Crippen LogP contribution is 2.35. The minimum atomic E-state index is -0.336. The van der Waals surface area contributed by atoms with Gasteiger partial charge >= 0.3 is 5.69 Å². The van der Waals surface area contributed by atoms with E-state index in [-0.39, 0.29) is 23.1 Å². The fraction of sp³-hybridized carbons (Fsp3) is 0.650. The Morgan fingerprint density at radius 1 is 1.30 bits per heavy atom. The number of thiophene rings is 1. The van der Waals surface area contributed by atoms with Gasteiger partial charge in [-0.1, -0.05) is 26.7 Å². The van der Waals surface area contributed by atoms with Crippen LogP contribution in [0.3, 0.4) is 0 Å². The van der Waals surface area contributed by atoms with Crippen molar-refractivity contribution in [3.63, 3.8) is 0 Å². The van der Waals surface area contributed by atoms with E-state index in [1.165, 1.54) is 22.3 Å². The van der Waals surface area contributed by atoms with Crippen molar-refractivity contribution in [3.05, 3.63) is 31.3 Å². The van der Waals surface area contributed by atoms with E-state index in [9.17, 15) is 14.4 Å². The summed E-state index contributed by atoms with van der Waals surface area (Å²) in [4.78, 5) is 44.6. The van der Waals surface area contributed by atoms with Gasteiger partial charge in [0.2, 0.25) is 5.91 Å². The van der Waals surface area contributed by atoms with Gasteiger partial charge in [-0.3, -0.25) is 19.1 Å². The van der Waals surface area contributed by atoms with Crippen LogP contribution in [0.2, 0.25) is 0 Å². The second-order valence-corrected chi connectivity index (χ2v) is 9.18. The summed E-state index contributed by atoms with van der Waals surface area (Å²) in [6, 6.07) is 0. The van der Waals surface area contributed by atoms with Crippen molar-refractivity contribution in [2.75, 3.05) is 6.54 Å². The zero-order chi connectivity index (χ0) is 19.1. The Labute approximate surface area is 162 Å². The SMILES string of the molecule is CCCn1c(=O)[nH]c2sc3c(c2c1=O)CCN(C(=O)C1CCCC(C)C1)C3. The summed E-state index contributed by atoms with van der Waals surface area (Å²) in [5.74, 6) is 1.03. The van der Waals surface area contributed by atoms with E-state index in [1.54, 1.807) is 0 Å². The maximum Gasteiger partial charge on any atom is 0.329 e. The molecule has 2 aromatic rings. The van der Waals surface area contributed by atoms with Crippen LogP contribution in [-0.2, 0) is 24.3 Å². The number of nitrogens with one attached hydrogen (secondary N) is 1. The number of amides is 1. The molecule has 2 unspecified atom stereocenters. The molecule has 1 aliphatic carbocycles. The van der Waals surface area contributed by atoms with E-state index in [0.29, 0.717) is 42.2 Å². The van der Waals surface area contributed by atoms with Crippen molar-refractivity contribution in [1.29, 1.82) is 0 Å². The summed E-state index contributed by atoms with van der Waals surface area (Å²) in [6.07, 6.45) is 5.77. The zero-order valence-corrected chi connectivity index (χ0v) is 16.9. The molecule has 6 nitrogen and oxygen atoms in total. The Hall–Kier alpha value is -1.89. The first kappa shape index (κ1) is 18.5. The molecule has 3 heterocycles. The largest absolute Gasteiger partial charge is 0.337 e. The fourth-order valence-electron chi connectivity index (χ4n) is 4.64. The van der Waals surface area contributed by atoms with Gasteiger partial charge in [-0.15, -0.1) is 11.3 Å². The van der Waals surface area contributed by atoms with Gasteiger partial charge in [-0.2, -0.15) is 0 Å². The van der Waals surface area contributed by atoms with E-state index < -0.39 is 0 Å². The highest BCUT2D eigenvalue weighted by atomic mass is 32.1. The molecule has 1 aliphatic heterocycles. The number of aromatic nitrogens is 2. The molecule has 0 radical (unpaired) electrons. The minimum Gasteiger partial charge on any atom is -0.337 e. The second-order valence-electron chi connectivity index (χ2n) is 8.07. The molecule has 1 saturated carbocycles. The topological polar surface area (TPSA) is 75.2 Å². The maximum absolute atomic E-state index is 13.0. The Morgan fingerprint density at radius 2 is 2.11 bits per heavy atom. The number of nitrogens with zero attached hydrogens (tertiary/aromatic N) is 2. The Kier molecular flexibility index (Phi) is 4.97. The van der Waals surface area contributed by atoms with Crippen molar-refractivity contribution in [1.82, 2.24) is 14.5 Å². The first-order valence-electron chi connectivity index (χ1n) is 10.1. The Morgan fingerprint density at radius 3 is 2.85 bits per heavy atom. The molecule has 0 saturated heterocycles. The van der Waals surface area contributed by atoms with Crippen LogP contribution in [0.5, 0.6) is 0 Å². The zero-order valence-electron chi connectivity index (χ0n) is 16.0. The van der Waals surface area contributed by atoms with Crippen molar-refractivity contribution >= 4 is 27.5 Å². The number of aromatic amines is 1. The standard InChI is InChI=1S/C20H27N3O3S/c1-3-8-23-19(25)16-14-7-9-22(11-15(14)27-17(16)21-20(23)26)18(24)13-6-4-5-12(2)10-13/h12-13H,3-11H2,1-2H3,(H,21,26). The summed E-state index contributed by atoms with van der Waals surface area (Å²) in [5, 5.41) is 0.654. The number of hydrogen-bond donors (Lipinski definition) is 1. The van der Waals surface area contributed by atoms with Crippen molar-refractivity contribution in [2.24, 2.45) is 11.8 Å². The molecule has 1 N–H and O–H groups in total. The van der Waals surface area contributed by atoms with Crippen LogP contribution < -0.4 is 11.2 Å². The molecule has 2 aliphatic rings. The predicted molar refractivity (Wildman–Crippen MR) is 107 cm³/mol. The number of rotatable bonds is 3. The van der Waals surface area contributed by atoms with Crippen LogP contribution in [0, 0.1) is 11.8 Å². The molecule has 146 valence electrons. The van der Waals surface area contributed by atoms with Gasteiger partial charge in [0, 0.05) is 23.9 Å². The van der Waals surface area contributed by atoms with Gasteiger partial charge in [-0.05, 0) is 37.2 Å². The predicted octanol–water partition coefficient (Wildman–Crippen LogP) is 2.87. The van der Waals surface area contributed by atoms with Gasteiger partial charge in [0.1, 0.15) is 4.83 Å². The summed E-state index contributed by atoms with van der Waals surface area (Å²) >= 11 is 1.46. The van der Waals surface area contributed by atoms with Gasteiger partial charge in [-0.25, -0.2) is 4.79 Å². The number of hydrogen-bond acceptors (Lipinski definition) is 4. The number of fused-ring (bicyclic) bond motifs is 3. The molecule has 2 atom stereocenters. The molecule has 0 spiro atoms. The molecule has 1 fully saturated rings. The lowest BCUT2D eigenvalue weighted by Crippen LogP contribution is -2.41. The average molecular weight is 390 g/mol. The minimum absolute atomic E-state index is 0.145. The van der Waals surface area contributed by atoms with Crippen LogP contribution in [-0.4, -0.2) is 26.9 Å². The van der Waals surface area contributed by atoms with Crippen LogP contribution in [0.1, 0.15) is 56.4 Å². The second kappa shape index (κ2) is 7.26. The van der Waals surface area contributed by atoms with E-state index >= 15 is 0 Å². The smallest absolute Gasteiger partial charge is 0.329 e. The first-order chi connectivity index (χ1) is 13.0. The van der Waals surface area contributed by atoms with Gasteiger partial charge in [0.25, 0.3) is 5.56 Å². The number of carbonyl (C=O) groups is 1. The molecular weight excluding hydrogens is 362 g/mol. The van der Waals surface area contributed by atoms with Gasteiger partial charge in [0.05, 0.1) is 11.9 Å². The molecule has 27 heavy (non-hydrogen) atoms. The summed E-state index contributed by atoms with van der Waals surface area (Å²) in [5.41, 5.74) is 0.508. The van der Waals surface area contributed by atoms with E-state index in [4.69, 9.17) is 0 Å². The molecule has 7 heteroatoms. The summed E-state index contributed by atoms with van der Waals surface area (Å²) < 4.78 is 1.30. The molecular formula is C20H27N3O3S. The van der Waals surface area contributed by atoms with Crippen molar-refractivity contribution in [3.8, 4) is 0 Å². The third-order valence-corrected chi connectivity index (χ3v) is 7.16. The average Bonchev–Trinajstić information content (AvgIpc) is 3.01. The van der Waals surface area contributed by atoms with E-state index in [0.717, 1.165) is 36.1 Å².